The van der Waals surface area contributed by atoms with Gasteiger partial charge in [-0.2, -0.15) is 5.10 Å². The monoisotopic (exact) mass is 231 g/mol. The Bertz CT molecular complexity index is 222. The summed E-state index contributed by atoms with van der Waals surface area (Å²) in [5, 5.41) is 8.46. The first-order chi connectivity index (χ1) is 5.86. The van der Waals surface area contributed by atoms with Crippen molar-refractivity contribution < 1.29 is 0 Å². The van der Waals surface area contributed by atoms with Gasteiger partial charge in [-0.1, -0.05) is 15.9 Å². The zero-order valence-corrected chi connectivity index (χ0v) is 8.84. The fourth-order valence-corrected chi connectivity index (χ4v) is 1.25. The number of hydrogen-bond donors (Lipinski definition) is 1. The summed E-state index contributed by atoms with van der Waals surface area (Å²) in [5.74, 6) is 0. The molecule has 1 rings (SSSR count). The molecule has 1 aromatic rings. The van der Waals surface area contributed by atoms with E-state index in [1.807, 2.05) is 10.9 Å². The van der Waals surface area contributed by atoms with Crippen LogP contribution in [-0.2, 0) is 13.1 Å². The van der Waals surface area contributed by atoms with E-state index in [0.717, 1.165) is 25.0 Å². The number of rotatable bonds is 5. The van der Waals surface area contributed by atoms with Gasteiger partial charge < -0.3 is 5.32 Å². The molecule has 0 unspecified atom stereocenters. The highest BCUT2D eigenvalue weighted by Crippen LogP contribution is 1.96. The minimum atomic E-state index is 0.908. The average Bonchev–Trinajstić information content (AvgIpc) is 2.53. The van der Waals surface area contributed by atoms with Crippen LogP contribution in [0.15, 0.2) is 12.4 Å². The predicted molar refractivity (Wildman–Crippen MR) is 53.4 cm³/mol. The molecule has 0 aliphatic carbocycles. The fraction of sp³-hybridized carbons (Fsp3) is 0.625. The van der Waals surface area contributed by atoms with E-state index in [4.69, 9.17) is 0 Å². The summed E-state index contributed by atoms with van der Waals surface area (Å²) < 4.78 is 1.94. The summed E-state index contributed by atoms with van der Waals surface area (Å²) in [5.41, 5.74) is 1.25. The van der Waals surface area contributed by atoms with Crippen molar-refractivity contribution in [1.82, 2.24) is 15.1 Å². The average molecular weight is 232 g/mol. The molecule has 4 heteroatoms. The van der Waals surface area contributed by atoms with Crippen LogP contribution in [0.25, 0.3) is 0 Å². The molecule has 1 N–H and O–H groups in total. The Labute approximate surface area is 81.3 Å². The Kier molecular flexibility index (Phi) is 4.32. The molecule has 68 valence electrons. The first-order valence-electron chi connectivity index (χ1n) is 4.15. The number of nitrogens with zero attached hydrogens (tertiary/aromatic N) is 2. The predicted octanol–water partition coefficient (Wildman–Crippen LogP) is 1.39. The van der Waals surface area contributed by atoms with Crippen LogP contribution < -0.4 is 5.32 Å². The lowest BCUT2D eigenvalue weighted by Gasteiger charge is -1.97. The van der Waals surface area contributed by atoms with Gasteiger partial charge in [-0.05, 0) is 6.92 Å². The van der Waals surface area contributed by atoms with Crippen molar-refractivity contribution in [2.24, 2.45) is 0 Å². The minimum Gasteiger partial charge on any atom is -0.312 e. The largest absolute Gasteiger partial charge is 0.312 e. The van der Waals surface area contributed by atoms with Crippen molar-refractivity contribution in [2.45, 2.75) is 20.0 Å². The molecule has 0 amide bonds. The van der Waals surface area contributed by atoms with Crippen molar-refractivity contribution in [3.8, 4) is 0 Å². The Morgan fingerprint density at radius 2 is 2.50 bits per heavy atom. The van der Waals surface area contributed by atoms with Gasteiger partial charge in [-0.25, -0.2) is 0 Å². The van der Waals surface area contributed by atoms with Gasteiger partial charge in [0.05, 0.1) is 6.20 Å². The van der Waals surface area contributed by atoms with E-state index in [9.17, 15) is 0 Å². The highest BCUT2D eigenvalue weighted by Gasteiger charge is 1.95. The molecule has 0 aliphatic heterocycles. The topological polar surface area (TPSA) is 29.9 Å². The molecule has 1 aromatic heterocycles. The zero-order valence-electron chi connectivity index (χ0n) is 7.26. The Morgan fingerprint density at radius 3 is 3.08 bits per heavy atom. The van der Waals surface area contributed by atoms with Gasteiger partial charge in [-0.15, -0.1) is 0 Å². The number of halogens is 1. The first kappa shape index (κ1) is 9.74. The highest BCUT2D eigenvalue weighted by atomic mass is 79.9. The summed E-state index contributed by atoms with van der Waals surface area (Å²) in [4.78, 5) is 0. The summed E-state index contributed by atoms with van der Waals surface area (Å²) in [7, 11) is 0. The molecule has 0 spiro atoms. The number of nitrogens with one attached hydrogen (secondary N) is 1. The van der Waals surface area contributed by atoms with Crippen molar-refractivity contribution in [1.29, 1.82) is 0 Å². The fourth-order valence-electron chi connectivity index (χ4n) is 0.970. The van der Waals surface area contributed by atoms with Crippen molar-refractivity contribution in [2.75, 3.05) is 11.9 Å². The minimum absolute atomic E-state index is 0.908. The van der Waals surface area contributed by atoms with Gasteiger partial charge in [0.2, 0.25) is 0 Å². The van der Waals surface area contributed by atoms with Crippen LogP contribution in [-0.4, -0.2) is 21.7 Å². The molecule has 1 heterocycles. The van der Waals surface area contributed by atoms with E-state index in [1.54, 1.807) is 0 Å². The second kappa shape index (κ2) is 5.32. The highest BCUT2D eigenvalue weighted by molar-refractivity contribution is 9.09. The maximum atomic E-state index is 4.18. The molecule has 0 atom stereocenters. The lowest BCUT2D eigenvalue weighted by Crippen LogP contribution is -2.14. The van der Waals surface area contributed by atoms with Crippen LogP contribution in [0.1, 0.15) is 12.5 Å². The SMILES string of the molecule is CCn1cc(CNCCBr)cn1. The van der Waals surface area contributed by atoms with E-state index >= 15 is 0 Å². The normalized spacial score (nSPS) is 10.5. The van der Waals surface area contributed by atoms with E-state index in [2.05, 4.69) is 39.5 Å². The lowest BCUT2D eigenvalue weighted by atomic mass is 10.3. The molecule has 0 fully saturated rings. The zero-order chi connectivity index (χ0) is 8.81. The van der Waals surface area contributed by atoms with Gasteiger partial charge in [0.25, 0.3) is 0 Å². The molecule has 0 aromatic carbocycles. The van der Waals surface area contributed by atoms with Gasteiger partial charge in [0.15, 0.2) is 0 Å². The second-order valence-corrected chi connectivity index (χ2v) is 3.36. The van der Waals surface area contributed by atoms with Crippen LogP contribution in [0.3, 0.4) is 0 Å². The van der Waals surface area contributed by atoms with Gasteiger partial charge in [0, 0.05) is 36.7 Å². The van der Waals surface area contributed by atoms with E-state index in [1.165, 1.54) is 5.56 Å². The molecule has 3 nitrogen and oxygen atoms in total. The van der Waals surface area contributed by atoms with Gasteiger partial charge in [-0.3, -0.25) is 4.68 Å². The van der Waals surface area contributed by atoms with Gasteiger partial charge >= 0.3 is 0 Å². The molecule has 0 radical (unpaired) electrons. The smallest absolute Gasteiger partial charge is 0.0534 e. The summed E-state index contributed by atoms with van der Waals surface area (Å²) in [6.45, 7) is 4.93. The number of hydrogen-bond acceptors (Lipinski definition) is 2. The van der Waals surface area contributed by atoms with Crippen molar-refractivity contribution >= 4 is 15.9 Å². The Hall–Kier alpha value is -0.350. The van der Waals surface area contributed by atoms with Crippen molar-refractivity contribution in [3.63, 3.8) is 0 Å². The Balaban J connectivity index is 2.31. The van der Waals surface area contributed by atoms with Crippen LogP contribution in [0.2, 0.25) is 0 Å². The standard InChI is InChI=1S/C8H14BrN3/c1-2-12-7-8(6-11-12)5-10-4-3-9/h6-7,10H,2-5H2,1H3. The van der Waals surface area contributed by atoms with E-state index < -0.39 is 0 Å². The van der Waals surface area contributed by atoms with Crippen LogP contribution in [0.5, 0.6) is 0 Å². The van der Waals surface area contributed by atoms with Crippen LogP contribution >= 0.6 is 15.9 Å². The molecular weight excluding hydrogens is 218 g/mol. The first-order valence-corrected chi connectivity index (χ1v) is 5.27. The quantitative estimate of drug-likeness (QED) is 0.614. The maximum absolute atomic E-state index is 4.18. The summed E-state index contributed by atoms with van der Waals surface area (Å²) in [6.07, 6.45) is 3.98. The van der Waals surface area contributed by atoms with E-state index in [0.29, 0.717) is 0 Å². The molecular formula is C8H14BrN3. The third kappa shape index (κ3) is 2.95. The van der Waals surface area contributed by atoms with Crippen LogP contribution in [0, 0.1) is 0 Å². The molecule has 0 bridgehead atoms. The lowest BCUT2D eigenvalue weighted by molar-refractivity contribution is 0.657. The molecule has 0 saturated carbocycles. The number of aryl methyl sites for hydroxylation is 1. The number of alkyl halides is 1. The van der Waals surface area contributed by atoms with E-state index in [-0.39, 0.29) is 0 Å². The molecule has 0 aliphatic rings. The maximum Gasteiger partial charge on any atom is 0.0534 e. The number of aromatic nitrogens is 2. The molecule has 0 saturated heterocycles. The van der Waals surface area contributed by atoms with Gasteiger partial charge in [0.1, 0.15) is 0 Å². The van der Waals surface area contributed by atoms with Crippen LogP contribution in [0.4, 0.5) is 0 Å². The summed E-state index contributed by atoms with van der Waals surface area (Å²) in [6, 6.07) is 0. The second-order valence-electron chi connectivity index (χ2n) is 2.57. The third-order valence-electron chi connectivity index (χ3n) is 1.61. The Morgan fingerprint density at radius 1 is 1.67 bits per heavy atom. The summed E-state index contributed by atoms with van der Waals surface area (Å²) >= 11 is 3.36. The third-order valence-corrected chi connectivity index (χ3v) is 2.01. The van der Waals surface area contributed by atoms with Crippen molar-refractivity contribution in [3.05, 3.63) is 18.0 Å². The molecule has 12 heavy (non-hydrogen) atoms.